The predicted octanol–water partition coefficient (Wildman–Crippen LogP) is 1.02. The van der Waals surface area contributed by atoms with Crippen LogP contribution >= 0.6 is 0 Å². The van der Waals surface area contributed by atoms with Gasteiger partial charge in [0.1, 0.15) is 0 Å². The van der Waals surface area contributed by atoms with Gasteiger partial charge in [0.05, 0.1) is 0 Å². The van der Waals surface area contributed by atoms with E-state index in [4.69, 9.17) is 0 Å². The molecule has 0 aliphatic carbocycles. The Bertz CT molecular complexity index is 478. The minimum Gasteiger partial charge on any atom is -0.369 e. The van der Waals surface area contributed by atoms with Crippen LogP contribution in [0.3, 0.4) is 0 Å². The molecular weight excluding hydrogens is 226 g/mol. The molecule has 1 aromatic rings. The molecule has 0 aromatic heterocycles. The zero-order valence-electron chi connectivity index (χ0n) is 11.0. The summed E-state index contributed by atoms with van der Waals surface area (Å²) in [4.78, 5) is 18.4. The Balaban J connectivity index is 1.83. The van der Waals surface area contributed by atoms with Gasteiger partial charge < -0.3 is 14.7 Å². The smallest absolute Gasteiger partial charge is 0.254 e. The van der Waals surface area contributed by atoms with Crippen LogP contribution in [-0.2, 0) is 6.54 Å². The van der Waals surface area contributed by atoms with E-state index in [-0.39, 0.29) is 5.91 Å². The molecule has 4 nitrogen and oxygen atoms in total. The normalized spacial score (nSPS) is 20.4. The number of piperazine rings is 1. The van der Waals surface area contributed by atoms with E-state index in [1.165, 1.54) is 11.3 Å². The van der Waals surface area contributed by atoms with Crippen molar-refractivity contribution >= 4 is 11.6 Å². The summed E-state index contributed by atoms with van der Waals surface area (Å²) >= 11 is 0. The van der Waals surface area contributed by atoms with Gasteiger partial charge in [0.25, 0.3) is 5.91 Å². The summed E-state index contributed by atoms with van der Waals surface area (Å²) in [6, 6.07) is 6.25. The Hall–Kier alpha value is -1.55. The van der Waals surface area contributed by atoms with Gasteiger partial charge in [-0.1, -0.05) is 0 Å². The second-order valence-corrected chi connectivity index (χ2v) is 5.29. The maximum Gasteiger partial charge on any atom is 0.254 e. The highest BCUT2D eigenvalue weighted by atomic mass is 16.2. The monoisotopic (exact) mass is 245 g/mol. The molecule has 18 heavy (non-hydrogen) atoms. The lowest BCUT2D eigenvalue weighted by molar-refractivity contribution is 0.0816. The third kappa shape index (κ3) is 1.86. The van der Waals surface area contributed by atoms with Crippen molar-refractivity contribution in [1.82, 2.24) is 9.80 Å². The number of benzene rings is 1. The highest BCUT2D eigenvalue weighted by molar-refractivity contribution is 5.98. The highest BCUT2D eigenvalue weighted by Crippen LogP contribution is 2.26. The van der Waals surface area contributed by atoms with Crippen LogP contribution in [0.2, 0.25) is 0 Å². The lowest BCUT2D eigenvalue weighted by Crippen LogP contribution is -2.44. The summed E-state index contributed by atoms with van der Waals surface area (Å²) in [5.74, 6) is 0.148. The molecule has 1 aromatic carbocycles. The van der Waals surface area contributed by atoms with E-state index in [1.54, 1.807) is 4.90 Å². The molecule has 3 rings (SSSR count). The highest BCUT2D eigenvalue weighted by Gasteiger charge is 2.25. The molecule has 0 unspecified atom stereocenters. The third-order valence-electron chi connectivity index (χ3n) is 3.94. The quantitative estimate of drug-likeness (QED) is 0.739. The minimum atomic E-state index is 0.148. The molecule has 2 aliphatic heterocycles. The Morgan fingerprint density at radius 3 is 2.50 bits per heavy atom. The Kier molecular flexibility index (Phi) is 2.74. The molecule has 2 heterocycles. The van der Waals surface area contributed by atoms with Crippen molar-refractivity contribution in [3.8, 4) is 0 Å². The fourth-order valence-corrected chi connectivity index (χ4v) is 2.71. The minimum absolute atomic E-state index is 0.148. The Labute approximate surface area is 108 Å². The van der Waals surface area contributed by atoms with Crippen molar-refractivity contribution < 1.29 is 4.79 Å². The first kappa shape index (κ1) is 11.5. The van der Waals surface area contributed by atoms with Crippen LogP contribution in [0.15, 0.2) is 18.2 Å². The number of nitrogens with zero attached hydrogens (tertiary/aromatic N) is 3. The summed E-state index contributed by atoms with van der Waals surface area (Å²) in [7, 11) is 4.02. The zero-order chi connectivity index (χ0) is 12.7. The maximum atomic E-state index is 11.8. The van der Waals surface area contributed by atoms with Gasteiger partial charge in [-0.3, -0.25) is 4.79 Å². The van der Waals surface area contributed by atoms with E-state index < -0.39 is 0 Å². The van der Waals surface area contributed by atoms with Crippen LogP contribution in [0.4, 0.5) is 5.69 Å². The summed E-state index contributed by atoms with van der Waals surface area (Å²) in [6.07, 6.45) is 0. The van der Waals surface area contributed by atoms with Gasteiger partial charge in [0.15, 0.2) is 0 Å². The molecule has 0 atom stereocenters. The second-order valence-electron chi connectivity index (χ2n) is 5.29. The molecule has 4 heteroatoms. The van der Waals surface area contributed by atoms with Crippen LogP contribution in [0.25, 0.3) is 0 Å². The number of hydrogen-bond donors (Lipinski definition) is 0. The molecule has 0 bridgehead atoms. The van der Waals surface area contributed by atoms with Gasteiger partial charge in [-0.25, -0.2) is 0 Å². The number of likely N-dealkylation sites (N-methyl/N-ethyl adjacent to an activating group) is 1. The first-order valence-corrected chi connectivity index (χ1v) is 6.47. The van der Waals surface area contributed by atoms with Crippen molar-refractivity contribution in [2.24, 2.45) is 0 Å². The van der Waals surface area contributed by atoms with Crippen molar-refractivity contribution in [3.63, 3.8) is 0 Å². The average molecular weight is 245 g/mol. The molecule has 1 amide bonds. The van der Waals surface area contributed by atoms with E-state index in [2.05, 4.69) is 29.0 Å². The number of anilines is 1. The maximum absolute atomic E-state index is 11.8. The summed E-state index contributed by atoms with van der Waals surface area (Å²) in [5.41, 5.74) is 3.29. The Morgan fingerprint density at radius 2 is 1.78 bits per heavy atom. The number of amides is 1. The van der Waals surface area contributed by atoms with E-state index in [0.717, 1.165) is 38.3 Å². The van der Waals surface area contributed by atoms with E-state index in [1.807, 2.05) is 13.1 Å². The van der Waals surface area contributed by atoms with Gasteiger partial charge in [-0.2, -0.15) is 0 Å². The van der Waals surface area contributed by atoms with Crippen LogP contribution in [0.5, 0.6) is 0 Å². The molecule has 0 saturated carbocycles. The van der Waals surface area contributed by atoms with Crippen LogP contribution in [-0.4, -0.2) is 56.0 Å². The predicted molar refractivity (Wildman–Crippen MR) is 71.9 cm³/mol. The summed E-state index contributed by atoms with van der Waals surface area (Å²) in [5, 5.41) is 0. The van der Waals surface area contributed by atoms with Gasteiger partial charge in [0, 0.05) is 51.0 Å². The van der Waals surface area contributed by atoms with Crippen LogP contribution in [0.1, 0.15) is 15.9 Å². The number of carbonyl (C=O) groups is 1. The molecular formula is C14H19N3O. The third-order valence-corrected chi connectivity index (χ3v) is 3.94. The molecule has 2 aliphatic rings. The van der Waals surface area contributed by atoms with Crippen molar-refractivity contribution in [2.45, 2.75) is 6.54 Å². The fraction of sp³-hybridized carbons (Fsp3) is 0.500. The molecule has 0 N–H and O–H groups in total. The topological polar surface area (TPSA) is 26.8 Å². The van der Waals surface area contributed by atoms with E-state index in [9.17, 15) is 4.79 Å². The van der Waals surface area contributed by atoms with Gasteiger partial charge in [0.2, 0.25) is 0 Å². The van der Waals surface area contributed by atoms with Gasteiger partial charge >= 0.3 is 0 Å². The molecule has 1 saturated heterocycles. The fourth-order valence-electron chi connectivity index (χ4n) is 2.71. The average Bonchev–Trinajstić information content (AvgIpc) is 2.65. The standard InChI is InChI=1S/C14H19N3O/c1-15-5-7-17(8-6-15)12-3-4-13-11(9-12)10-16(2)14(13)18/h3-4,9H,5-8,10H2,1-2H3. The molecule has 1 fully saturated rings. The molecule has 0 spiro atoms. The lowest BCUT2D eigenvalue weighted by Gasteiger charge is -2.34. The second kappa shape index (κ2) is 4.28. The largest absolute Gasteiger partial charge is 0.369 e. The van der Waals surface area contributed by atoms with Crippen molar-refractivity contribution in [3.05, 3.63) is 29.3 Å². The number of carbonyl (C=O) groups excluding carboxylic acids is 1. The van der Waals surface area contributed by atoms with Gasteiger partial charge in [-0.05, 0) is 30.8 Å². The SMILES string of the molecule is CN1CCN(c2ccc3c(c2)CN(C)C3=O)CC1. The number of hydrogen-bond acceptors (Lipinski definition) is 3. The molecule has 96 valence electrons. The lowest BCUT2D eigenvalue weighted by atomic mass is 10.1. The zero-order valence-corrected chi connectivity index (χ0v) is 11.0. The number of rotatable bonds is 1. The van der Waals surface area contributed by atoms with Crippen LogP contribution < -0.4 is 4.90 Å². The van der Waals surface area contributed by atoms with E-state index in [0.29, 0.717) is 0 Å². The summed E-state index contributed by atoms with van der Waals surface area (Å²) in [6.45, 7) is 5.10. The van der Waals surface area contributed by atoms with Crippen molar-refractivity contribution in [1.29, 1.82) is 0 Å². The number of fused-ring (bicyclic) bond motifs is 1. The first-order valence-electron chi connectivity index (χ1n) is 6.47. The van der Waals surface area contributed by atoms with Crippen LogP contribution in [0, 0.1) is 0 Å². The van der Waals surface area contributed by atoms with E-state index >= 15 is 0 Å². The van der Waals surface area contributed by atoms with Gasteiger partial charge in [-0.15, -0.1) is 0 Å². The Morgan fingerprint density at radius 1 is 1.06 bits per heavy atom. The first-order chi connectivity index (χ1) is 8.65. The van der Waals surface area contributed by atoms with Crippen molar-refractivity contribution in [2.75, 3.05) is 45.2 Å². The summed E-state index contributed by atoms with van der Waals surface area (Å²) < 4.78 is 0. The molecule has 0 radical (unpaired) electrons.